The quantitative estimate of drug-likeness (QED) is 0.710. The zero-order valence-corrected chi connectivity index (χ0v) is 17.1. The number of hydrogen-bond acceptors (Lipinski definition) is 5. The Morgan fingerprint density at radius 2 is 1.75 bits per heavy atom. The van der Waals surface area contributed by atoms with Crippen LogP contribution in [0.5, 0.6) is 0 Å². The van der Waals surface area contributed by atoms with Gasteiger partial charge in [-0.1, -0.05) is 23.7 Å². The Hall–Kier alpha value is -2.58. The lowest BCUT2D eigenvalue weighted by Crippen LogP contribution is -2.39. The number of halogens is 1. The van der Waals surface area contributed by atoms with Crippen LogP contribution in [0, 0.1) is 0 Å². The van der Waals surface area contributed by atoms with E-state index in [4.69, 9.17) is 21.4 Å². The van der Waals surface area contributed by atoms with Gasteiger partial charge in [-0.2, -0.15) is 0 Å². The summed E-state index contributed by atoms with van der Waals surface area (Å²) in [5, 5.41) is 9.42. The number of sulfonamides is 1. The highest BCUT2D eigenvalue weighted by Gasteiger charge is 2.30. The van der Waals surface area contributed by atoms with Gasteiger partial charge in [0, 0.05) is 5.02 Å². The molecule has 1 N–H and O–H groups in total. The zero-order valence-electron chi connectivity index (χ0n) is 15.5. The van der Waals surface area contributed by atoms with Crippen LogP contribution in [0.15, 0.2) is 53.4 Å². The van der Waals surface area contributed by atoms with Crippen LogP contribution < -0.4 is 4.31 Å². The standard InChI is InChI=1S/C19H20ClNO6S/c1-19(2,3)27-17(22)12-21(15-8-5-7-14(20)11-15)28(25,26)16-9-4-6-13(10-16)18(23)24/h4-11H,12H2,1-3H3,(H,23,24). The number of benzene rings is 2. The highest BCUT2D eigenvalue weighted by molar-refractivity contribution is 7.92. The maximum Gasteiger partial charge on any atom is 0.335 e. The summed E-state index contributed by atoms with van der Waals surface area (Å²) in [7, 11) is -4.27. The smallest absolute Gasteiger partial charge is 0.335 e. The first-order valence-corrected chi connectivity index (χ1v) is 10.1. The van der Waals surface area contributed by atoms with Crippen LogP contribution in [0.25, 0.3) is 0 Å². The molecule has 0 unspecified atom stereocenters. The van der Waals surface area contributed by atoms with Gasteiger partial charge in [-0.15, -0.1) is 0 Å². The second-order valence-corrected chi connectivity index (χ2v) is 9.21. The monoisotopic (exact) mass is 425 g/mol. The van der Waals surface area contributed by atoms with Gasteiger partial charge in [0.1, 0.15) is 12.1 Å². The normalized spacial score (nSPS) is 11.7. The number of carboxylic acids is 1. The summed E-state index contributed by atoms with van der Waals surface area (Å²) in [5.74, 6) is -2.02. The average molecular weight is 426 g/mol. The molecule has 0 aromatic heterocycles. The molecule has 0 saturated heterocycles. The lowest BCUT2D eigenvalue weighted by Gasteiger charge is -2.26. The Morgan fingerprint density at radius 1 is 1.11 bits per heavy atom. The molecule has 9 heteroatoms. The van der Waals surface area contributed by atoms with Crippen molar-refractivity contribution in [3.63, 3.8) is 0 Å². The molecule has 0 amide bonds. The fourth-order valence-corrected chi connectivity index (χ4v) is 3.99. The van der Waals surface area contributed by atoms with E-state index in [1.165, 1.54) is 30.3 Å². The van der Waals surface area contributed by atoms with Crippen molar-refractivity contribution >= 4 is 39.3 Å². The molecule has 0 atom stereocenters. The first-order chi connectivity index (χ1) is 12.9. The van der Waals surface area contributed by atoms with Gasteiger partial charge >= 0.3 is 11.9 Å². The summed E-state index contributed by atoms with van der Waals surface area (Å²) in [4.78, 5) is 23.3. The summed E-state index contributed by atoms with van der Waals surface area (Å²) >= 11 is 5.98. The van der Waals surface area contributed by atoms with E-state index in [-0.39, 0.29) is 21.2 Å². The predicted molar refractivity (Wildman–Crippen MR) is 105 cm³/mol. The molecule has 0 aliphatic rings. The molecule has 2 aromatic carbocycles. The van der Waals surface area contributed by atoms with Gasteiger partial charge in [-0.25, -0.2) is 13.2 Å². The van der Waals surface area contributed by atoms with Gasteiger partial charge in [0.2, 0.25) is 0 Å². The second-order valence-electron chi connectivity index (χ2n) is 6.91. The SMILES string of the molecule is CC(C)(C)OC(=O)CN(c1cccc(Cl)c1)S(=O)(=O)c1cccc(C(=O)O)c1. The van der Waals surface area contributed by atoms with Crippen molar-refractivity contribution in [2.75, 3.05) is 10.8 Å². The van der Waals surface area contributed by atoms with Crippen molar-refractivity contribution in [2.45, 2.75) is 31.3 Å². The molecule has 0 aliphatic heterocycles. The Balaban J connectivity index is 2.52. The third-order valence-electron chi connectivity index (χ3n) is 3.46. The Bertz CT molecular complexity index is 997. The zero-order chi connectivity index (χ0) is 21.1. The van der Waals surface area contributed by atoms with Crippen LogP contribution in [0.1, 0.15) is 31.1 Å². The number of ether oxygens (including phenoxy) is 1. The van der Waals surface area contributed by atoms with Crippen molar-refractivity contribution in [3.8, 4) is 0 Å². The molecule has 7 nitrogen and oxygen atoms in total. The number of rotatable bonds is 6. The number of carboxylic acid groups (broad SMARTS) is 1. The molecule has 2 aromatic rings. The van der Waals surface area contributed by atoms with E-state index in [1.807, 2.05) is 0 Å². The summed E-state index contributed by atoms with van der Waals surface area (Å²) in [6, 6.07) is 10.9. The van der Waals surface area contributed by atoms with E-state index in [0.717, 1.165) is 10.4 Å². The van der Waals surface area contributed by atoms with E-state index in [9.17, 15) is 18.0 Å². The van der Waals surface area contributed by atoms with Crippen LogP contribution in [-0.2, 0) is 19.6 Å². The highest BCUT2D eigenvalue weighted by atomic mass is 35.5. The summed E-state index contributed by atoms with van der Waals surface area (Å²) in [6.45, 7) is 4.40. The molecular formula is C19H20ClNO6S. The number of esters is 1. The summed E-state index contributed by atoms with van der Waals surface area (Å²) in [5.41, 5.74) is -0.840. The average Bonchev–Trinajstić information content (AvgIpc) is 2.58. The molecule has 0 radical (unpaired) electrons. The molecule has 150 valence electrons. The third-order valence-corrected chi connectivity index (χ3v) is 5.46. The first kappa shape index (κ1) is 21.7. The maximum atomic E-state index is 13.2. The van der Waals surface area contributed by atoms with E-state index in [0.29, 0.717) is 0 Å². The van der Waals surface area contributed by atoms with Gasteiger partial charge in [0.25, 0.3) is 10.0 Å². The van der Waals surface area contributed by atoms with Crippen molar-refractivity contribution < 1.29 is 27.9 Å². The van der Waals surface area contributed by atoms with Crippen LogP contribution in [0.3, 0.4) is 0 Å². The van der Waals surface area contributed by atoms with Crippen LogP contribution in [-0.4, -0.2) is 37.6 Å². The fraction of sp³-hybridized carbons (Fsp3) is 0.263. The van der Waals surface area contributed by atoms with Crippen molar-refractivity contribution in [3.05, 3.63) is 59.1 Å². The van der Waals surface area contributed by atoms with Crippen LogP contribution in [0.4, 0.5) is 5.69 Å². The minimum atomic E-state index is -4.27. The molecule has 0 bridgehead atoms. The van der Waals surface area contributed by atoms with Gasteiger partial charge in [0.05, 0.1) is 16.1 Å². The van der Waals surface area contributed by atoms with Crippen LogP contribution >= 0.6 is 11.6 Å². The van der Waals surface area contributed by atoms with Gasteiger partial charge in [-0.05, 0) is 57.2 Å². The molecular weight excluding hydrogens is 406 g/mol. The number of anilines is 1. The number of carbonyl (C=O) groups is 2. The molecule has 28 heavy (non-hydrogen) atoms. The van der Waals surface area contributed by atoms with E-state index in [1.54, 1.807) is 32.9 Å². The number of hydrogen-bond donors (Lipinski definition) is 1. The molecule has 2 rings (SSSR count). The topological polar surface area (TPSA) is 101 Å². The fourth-order valence-electron chi connectivity index (χ4n) is 2.35. The number of aromatic carboxylic acids is 1. The minimum absolute atomic E-state index is 0.152. The van der Waals surface area contributed by atoms with E-state index in [2.05, 4.69) is 0 Å². The summed E-state index contributed by atoms with van der Waals surface area (Å²) < 4.78 is 32.5. The maximum absolute atomic E-state index is 13.2. The van der Waals surface area contributed by atoms with E-state index < -0.39 is 34.1 Å². The Morgan fingerprint density at radius 3 is 2.32 bits per heavy atom. The van der Waals surface area contributed by atoms with Gasteiger partial charge in [-0.3, -0.25) is 9.10 Å². The van der Waals surface area contributed by atoms with Crippen molar-refractivity contribution in [2.24, 2.45) is 0 Å². The van der Waals surface area contributed by atoms with Gasteiger partial charge < -0.3 is 9.84 Å². The van der Waals surface area contributed by atoms with Crippen molar-refractivity contribution in [1.29, 1.82) is 0 Å². The Kier molecular flexibility index (Phi) is 6.36. The largest absolute Gasteiger partial charge is 0.478 e. The van der Waals surface area contributed by atoms with Crippen molar-refractivity contribution in [1.82, 2.24) is 0 Å². The summed E-state index contributed by atoms with van der Waals surface area (Å²) in [6.07, 6.45) is 0. The first-order valence-electron chi connectivity index (χ1n) is 8.24. The third kappa shape index (κ3) is 5.46. The predicted octanol–water partition coefficient (Wildman–Crippen LogP) is 3.58. The van der Waals surface area contributed by atoms with Crippen LogP contribution in [0.2, 0.25) is 5.02 Å². The molecule has 0 heterocycles. The van der Waals surface area contributed by atoms with E-state index >= 15 is 0 Å². The highest BCUT2D eigenvalue weighted by Crippen LogP contribution is 2.27. The number of carbonyl (C=O) groups excluding carboxylic acids is 1. The molecule has 0 saturated carbocycles. The second kappa shape index (κ2) is 8.20. The Labute approximate surface area is 168 Å². The van der Waals surface area contributed by atoms with Gasteiger partial charge in [0.15, 0.2) is 0 Å². The molecule has 0 spiro atoms. The lowest BCUT2D eigenvalue weighted by molar-refractivity contribution is -0.152. The minimum Gasteiger partial charge on any atom is -0.478 e. The number of nitrogens with zero attached hydrogens (tertiary/aromatic N) is 1. The molecule has 0 aliphatic carbocycles. The molecule has 0 fully saturated rings. The lowest BCUT2D eigenvalue weighted by atomic mass is 10.2.